The monoisotopic (exact) mass is 472 g/mol. The fourth-order valence-corrected chi connectivity index (χ4v) is 4.21. The van der Waals surface area contributed by atoms with Crippen LogP contribution in [0.3, 0.4) is 0 Å². The number of rotatable bonds is 7. The molecule has 5 aromatic rings. The zero-order valence-corrected chi connectivity index (χ0v) is 19.6. The van der Waals surface area contributed by atoms with E-state index in [-0.39, 0.29) is 11.4 Å². The Morgan fingerprint density at radius 2 is 2.03 bits per heavy atom. The van der Waals surface area contributed by atoms with Crippen LogP contribution in [0.2, 0.25) is 0 Å². The van der Waals surface area contributed by atoms with Crippen LogP contribution in [0.15, 0.2) is 53.8 Å². The van der Waals surface area contributed by atoms with Crippen LogP contribution in [-0.2, 0) is 6.42 Å². The van der Waals surface area contributed by atoms with Crippen LogP contribution in [0.5, 0.6) is 0 Å². The van der Waals surface area contributed by atoms with Gasteiger partial charge in [0.2, 0.25) is 0 Å². The van der Waals surface area contributed by atoms with Crippen molar-refractivity contribution in [2.45, 2.75) is 39.7 Å². The number of nitrogens with zero attached hydrogens (tertiary/aromatic N) is 5. The summed E-state index contributed by atoms with van der Waals surface area (Å²) in [6.45, 7) is 5.75. The molecule has 2 aromatic carbocycles. The van der Waals surface area contributed by atoms with Crippen molar-refractivity contribution in [1.82, 2.24) is 29.6 Å². The molecule has 0 saturated heterocycles. The fraction of sp³-hybridized carbons (Fsp3) is 0.240. The lowest BCUT2D eigenvalue weighted by Gasteiger charge is -2.22. The summed E-state index contributed by atoms with van der Waals surface area (Å²) in [5.74, 6) is 0.648. The number of halogens is 1. The van der Waals surface area contributed by atoms with Crippen molar-refractivity contribution in [2.24, 2.45) is 0 Å². The Bertz CT molecular complexity index is 1590. The number of anilines is 2. The lowest BCUT2D eigenvalue weighted by Crippen LogP contribution is -2.34. The van der Waals surface area contributed by atoms with E-state index >= 15 is 0 Å². The number of imidazole rings is 1. The lowest BCUT2D eigenvalue weighted by molar-refractivity contribution is 0.626. The topological polar surface area (TPSA) is 113 Å². The highest BCUT2D eigenvalue weighted by Gasteiger charge is 2.20. The third kappa shape index (κ3) is 4.18. The normalized spacial score (nSPS) is 12.2. The summed E-state index contributed by atoms with van der Waals surface area (Å²) in [6.07, 6.45) is 4.64. The van der Waals surface area contributed by atoms with Gasteiger partial charge < -0.3 is 10.3 Å². The molecular weight excluding hydrogens is 447 g/mol. The quantitative estimate of drug-likeness (QED) is 0.319. The summed E-state index contributed by atoms with van der Waals surface area (Å²) in [4.78, 5) is 34.4. The van der Waals surface area contributed by atoms with E-state index in [0.717, 1.165) is 18.4 Å². The Hall–Kier alpha value is -4.34. The number of hydrogen-bond donors (Lipinski definition) is 3. The summed E-state index contributed by atoms with van der Waals surface area (Å²) < 4.78 is 15.2. The standard InChI is InChI=1S/C25H25FN8O/c1-4-6-16-7-5-8-19-20(16)25(35)34(33-18-10-9-17(26)11-14(18)2)24(32-19)15(3)31-23-21-22(28-12-27-21)29-13-30-23/h5,7-13,15,33H,4,6H2,1-3H3,(H2,27,28,29,30,31)/t15-/m0/s1. The van der Waals surface area contributed by atoms with Crippen molar-refractivity contribution in [1.29, 1.82) is 0 Å². The maximum absolute atomic E-state index is 13.9. The average Bonchev–Trinajstić information content (AvgIpc) is 3.32. The van der Waals surface area contributed by atoms with Crippen LogP contribution in [-0.4, -0.2) is 29.6 Å². The molecule has 35 heavy (non-hydrogen) atoms. The summed E-state index contributed by atoms with van der Waals surface area (Å²) in [5, 5.41) is 3.89. The molecule has 1 atom stereocenters. The highest BCUT2D eigenvalue weighted by atomic mass is 19.1. The molecule has 5 rings (SSSR count). The first-order valence-corrected chi connectivity index (χ1v) is 11.4. The Labute approximate surface area is 200 Å². The number of aromatic amines is 1. The highest BCUT2D eigenvalue weighted by molar-refractivity contribution is 5.83. The minimum Gasteiger partial charge on any atom is -0.358 e. The van der Waals surface area contributed by atoms with Gasteiger partial charge in [-0.05, 0) is 55.7 Å². The van der Waals surface area contributed by atoms with E-state index in [9.17, 15) is 9.18 Å². The van der Waals surface area contributed by atoms with Gasteiger partial charge in [0.05, 0.1) is 29.0 Å². The van der Waals surface area contributed by atoms with Crippen molar-refractivity contribution in [3.8, 4) is 0 Å². The fourth-order valence-electron chi connectivity index (χ4n) is 4.21. The van der Waals surface area contributed by atoms with E-state index < -0.39 is 6.04 Å². The second-order valence-corrected chi connectivity index (χ2v) is 8.43. The van der Waals surface area contributed by atoms with Gasteiger partial charge in [0, 0.05) is 0 Å². The van der Waals surface area contributed by atoms with E-state index in [2.05, 4.69) is 37.6 Å². The second-order valence-electron chi connectivity index (χ2n) is 8.43. The first-order valence-electron chi connectivity index (χ1n) is 11.4. The van der Waals surface area contributed by atoms with Crippen molar-refractivity contribution < 1.29 is 4.39 Å². The zero-order chi connectivity index (χ0) is 24.5. The number of benzene rings is 2. The molecule has 0 radical (unpaired) electrons. The van der Waals surface area contributed by atoms with Gasteiger partial charge >= 0.3 is 0 Å². The molecule has 0 aliphatic rings. The van der Waals surface area contributed by atoms with E-state index in [1.807, 2.05) is 25.1 Å². The Kier molecular flexibility index (Phi) is 5.86. The summed E-state index contributed by atoms with van der Waals surface area (Å²) in [5.41, 5.74) is 6.97. The molecule has 178 valence electrons. The largest absolute Gasteiger partial charge is 0.358 e. The van der Waals surface area contributed by atoms with Gasteiger partial charge in [-0.3, -0.25) is 10.2 Å². The Morgan fingerprint density at radius 1 is 1.17 bits per heavy atom. The summed E-state index contributed by atoms with van der Waals surface area (Å²) in [7, 11) is 0. The van der Waals surface area contributed by atoms with Crippen LogP contribution in [0, 0.1) is 12.7 Å². The first kappa shape index (κ1) is 22.5. The van der Waals surface area contributed by atoms with E-state index in [0.29, 0.717) is 45.0 Å². The minimum absolute atomic E-state index is 0.221. The Morgan fingerprint density at radius 3 is 2.83 bits per heavy atom. The van der Waals surface area contributed by atoms with Crippen LogP contribution >= 0.6 is 0 Å². The van der Waals surface area contributed by atoms with E-state index in [1.54, 1.807) is 19.3 Å². The maximum atomic E-state index is 13.9. The molecule has 0 unspecified atom stereocenters. The number of nitrogens with one attached hydrogen (secondary N) is 3. The summed E-state index contributed by atoms with van der Waals surface area (Å²) >= 11 is 0. The number of aromatic nitrogens is 6. The smallest absolute Gasteiger partial charge is 0.280 e. The minimum atomic E-state index is -0.434. The molecular formula is C25H25FN8O. The van der Waals surface area contributed by atoms with Gasteiger partial charge in [-0.2, -0.15) is 0 Å². The second kappa shape index (κ2) is 9.13. The van der Waals surface area contributed by atoms with Crippen LogP contribution in [0.1, 0.15) is 43.3 Å². The molecule has 0 spiro atoms. The van der Waals surface area contributed by atoms with Crippen molar-refractivity contribution in [3.05, 3.63) is 82.2 Å². The van der Waals surface area contributed by atoms with E-state index in [4.69, 9.17) is 4.98 Å². The molecule has 0 bridgehead atoms. The molecule has 3 heterocycles. The molecule has 3 N–H and O–H groups in total. The molecule has 9 nitrogen and oxygen atoms in total. The van der Waals surface area contributed by atoms with Gasteiger partial charge in [-0.1, -0.05) is 25.5 Å². The SMILES string of the molecule is CCCc1cccc2nc([C@H](C)Nc3ncnc4nc[nH]c34)n(Nc3ccc(F)cc3C)c(=O)c12. The highest BCUT2D eigenvalue weighted by Crippen LogP contribution is 2.24. The molecule has 0 amide bonds. The molecule has 0 saturated carbocycles. The number of H-pyrrole nitrogens is 1. The van der Waals surface area contributed by atoms with Gasteiger partial charge in [0.15, 0.2) is 17.3 Å². The van der Waals surface area contributed by atoms with Crippen molar-refractivity contribution >= 4 is 33.6 Å². The molecule has 0 aliphatic carbocycles. The molecule has 3 aromatic heterocycles. The molecule has 10 heteroatoms. The van der Waals surface area contributed by atoms with Gasteiger partial charge in [-0.15, -0.1) is 0 Å². The lowest BCUT2D eigenvalue weighted by atomic mass is 10.0. The maximum Gasteiger partial charge on any atom is 0.280 e. The molecule has 0 aliphatic heterocycles. The van der Waals surface area contributed by atoms with Gasteiger partial charge in [0.25, 0.3) is 5.56 Å². The first-order chi connectivity index (χ1) is 17.0. The van der Waals surface area contributed by atoms with Crippen molar-refractivity contribution in [2.75, 3.05) is 10.7 Å². The third-order valence-corrected chi connectivity index (χ3v) is 5.91. The predicted molar refractivity (Wildman–Crippen MR) is 134 cm³/mol. The zero-order valence-electron chi connectivity index (χ0n) is 19.6. The van der Waals surface area contributed by atoms with E-state index in [1.165, 1.54) is 23.1 Å². The number of fused-ring (bicyclic) bond motifs is 2. The summed E-state index contributed by atoms with van der Waals surface area (Å²) in [6, 6.07) is 9.67. The van der Waals surface area contributed by atoms with Crippen LogP contribution in [0.4, 0.5) is 15.9 Å². The molecule has 0 fully saturated rings. The predicted octanol–water partition coefficient (Wildman–Crippen LogP) is 4.51. The van der Waals surface area contributed by atoms with Gasteiger partial charge in [0.1, 0.15) is 17.7 Å². The van der Waals surface area contributed by atoms with Crippen LogP contribution < -0.4 is 16.3 Å². The number of aryl methyl sites for hydroxylation is 2. The Balaban J connectivity index is 1.66. The average molecular weight is 473 g/mol. The van der Waals surface area contributed by atoms with Crippen LogP contribution in [0.25, 0.3) is 22.1 Å². The van der Waals surface area contributed by atoms with Gasteiger partial charge in [-0.25, -0.2) is 29.0 Å². The number of hydrogen-bond acceptors (Lipinski definition) is 7. The third-order valence-electron chi connectivity index (χ3n) is 5.91. The van der Waals surface area contributed by atoms with Crippen molar-refractivity contribution in [3.63, 3.8) is 0 Å².